The predicted octanol–water partition coefficient (Wildman–Crippen LogP) is -2.19. The highest BCUT2D eigenvalue weighted by Crippen LogP contribution is 2.18. The molecule has 66 valence electrons. The Morgan fingerprint density at radius 2 is 1.91 bits per heavy atom. The summed E-state index contributed by atoms with van der Waals surface area (Å²) in [4.78, 5) is 0. The molecule has 0 aliphatic carbocycles. The molecule has 0 bridgehead atoms. The third kappa shape index (κ3) is 1.88. The zero-order chi connectivity index (χ0) is 8.43. The predicted molar refractivity (Wildman–Crippen MR) is 34.6 cm³/mol. The van der Waals surface area contributed by atoms with E-state index in [4.69, 9.17) is 25.2 Å². The molecule has 0 aromatic rings. The lowest BCUT2D eigenvalue weighted by molar-refractivity contribution is -0.239. The van der Waals surface area contributed by atoms with Gasteiger partial charge in [-0.2, -0.15) is 0 Å². The summed E-state index contributed by atoms with van der Waals surface area (Å²) in [5, 5.41) is 35.6. The molecule has 4 N–H and O–H groups in total. The second-order valence-corrected chi connectivity index (χ2v) is 2.61. The van der Waals surface area contributed by atoms with Crippen LogP contribution >= 0.6 is 0 Å². The summed E-state index contributed by atoms with van der Waals surface area (Å²) in [6.07, 6.45) is -4.11. The van der Waals surface area contributed by atoms with Crippen molar-refractivity contribution in [3.05, 3.63) is 0 Å². The number of hydrogen-bond donors (Lipinski definition) is 4. The number of ether oxygens (including phenoxy) is 1. The Morgan fingerprint density at radius 3 is 2.45 bits per heavy atom. The van der Waals surface area contributed by atoms with Gasteiger partial charge < -0.3 is 25.2 Å². The molecule has 0 aromatic carbocycles. The van der Waals surface area contributed by atoms with Crippen LogP contribution in [0.5, 0.6) is 0 Å². The van der Waals surface area contributed by atoms with Gasteiger partial charge >= 0.3 is 0 Å². The number of aliphatic hydroxyl groups is 4. The molecular weight excluding hydrogens is 152 g/mol. The molecule has 1 saturated heterocycles. The molecule has 1 fully saturated rings. The van der Waals surface area contributed by atoms with Crippen molar-refractivity contribution in [1.29, 1.82) is 0 Å². The van der Waals surface area contributed by atoms with E-state index in [1.165, 1.54) is 0 Å². The second-order valence-electron chi connectivity index (χ2n) is 2.61. The van der Waals surface area contributed by atoms with Gasteiger partial charge in [0, 0.05) is 6.42 Å². The van der Waals surface area contributed by atoms with Crippen LogP contribution in [0.15, 0.2) is 0 Å². The van der Waals surface area contributed by atoms with Gasteiger partial charge in [0.15, 0.2) is 6.29 Å². The van der Waals surface area contributed by atoms with Gasteiger partial charge in [-0.15, -0.1) is 0 Å². The summed E-state index contributed by atoms with van der Waals surface area (Å²) in [5.41, 5.74) is 0. The average molecular weight is 164 g/mol. The van der Waals surface area contributed by atoms with Crippen molar-refractivity contribution in [2.75, 3.05) is 6.61 Å². The van der Waals surface area contributed by atoms with Gasteiger partial charge in [0.25, 0.3) is 0 Å². The first kappa shape index (κ1) is 8.89. The maximum absolute atomic E-state index is 9.11. The molecule has 0 spiro atoms. The fourth-order valence-electron chi connectivity index (χ4n) is 1.08. The van der Waals surface area contributed by atoms with Crippen LogP contribution in [0, 0.1) is 0 Å². The summed E-state index contributed by atoms with van der Waals surface area (Å²) in [7, 11) is 0. The fourth-order valence-corrected chi connectivity index (χ4v) is 1.08. The molecule has 0 aromatic heterocycles. The molecule has 0 saturated carbocycles. The minimum Gasteiger partial charge on any atom is -0.394 e. The van der Waals surface area contributed by atoms with E-state index in [1.807, 2.05) is 0 Å². The molecule has 0 amide bonds. The standard InChI is InChI=1S/C6H12O5/c7-2-4-6(10)3(8)1-5(9)11-4/h3-10H,1-2H2/t3?,4?,5-,6+/m1/s1. The molecular formula is C6H12O5. The summed E-state index contributed by atoms with van der Waals surface area (Å²) >= 11 is 0. The van der Waals surface area contributed by atoms with Crippen LogP contribution in [0.3, 0.4) is 0 Å². The van der Waals surface area contributed by atoms with Crippen LogP contribution in [0.2, 0.25) is 0 Å². The van der Waals surface area contributed by atoms with Crippen LogP contribution in [0.4, 0.5) is 0 Å². The van der Waals surface area contributed by atoms with Gasteiger partial charge in [-0.25, -0.2) is 0 Å². The van der Waals surface area contributed by atoms with Crippen LogP contribution in [-0.2, 0) is 4.74 Å². The lowest BCUT2D eigenvalue weighted by atomic mass is 10.0. The summed E-state index contributed by atoms with van der Waals surface area (Å²) in [6.45, 7) is -0.407. The minimum absolute atomic E-state index is 0.0162. The van der Waals surface area contributed by atoms with Gasteiger partial charge in [-0.1, -0.05) is 0 Å². The highest BCUT2D eigenvalue weighted by atomic mass is 16.6. The van der Waals surface area contributed by atoms with Gasteiger partial charge in [-0.3, -0.25) is 0 Å². The molecule has 5 nitrogen and oxygen atoms in total. The zero-order valence-corrected chi connectivity index (χ0v) is 5.92. The number of hydrogen-bond acceptors (Lipinski definition) is 5. The molecule has 1 rings (SSSR count). The average Bonchev–Trinajstić information content (AvgIpc) is 1.96. The van der Waals surface area contributed by atoms with Crippen LogP contribution < -0.4 is 0 Å². The van der Waals surface area contributed by atoms with E-state index in [0.29, 0.717) is 0 Å². The van der Waals surface area contributed by atoms with E-state index in [9.17, 15) is 0 Å². The van der Waals surface area contributed by atoms with Crippen molar-refractivity contribution < 1.29 is 25.2 Å². The molecule has 0 radical (unpaired) electrons. The number of rotatable bonds is 1. The Morgan fingerprint density at radius 1 is 1.27 bits per heavy atom. The Hall–Kier alpha value is -0.200. The number of aliphatic hydroxyl groups excluding tert-OH is 4. The highest BCUT2D eigenvalue weighted by molar-refractivity contribution is 4.81. The van der Waals surface area contributed by atoms with Crippen LogP contribution in [0.1, 0.15) is 6.42 Å². The molecule has 4 atom stereocenters. The quantitative estimate of drug-likeness (QED) is 0.353. The third-order valence-corrected chi connectivity index (χ3v) is 1.73. The maximum Gasteiger partial charge on any atom is 0.157 e. The van der Waals surface area contributed by atoms with E-state index in [1.54, 1.807) is 0 Å². The Balaban J connectivity index is 2.51. The summed E-state index contributed by atoms with van der Waals surface area (Å²) in [6, 6.07) is 0. The van der Waals surface area contributed by atoms with Crippen molar-refractivity contribution in [1.82, 2.24) is 0 Å². The summed E-state index contributed by atoms with van der Waals surface area (Å²) in [5.74, 6) is 0. The van der Waals surface area contributed by atoms with E-state index in [0.717, 1.165) is 0 Å². The Labute approximate surface area is 63.8 Å². The first-order valence-electron chi connectivity index (χ1n) is 3.45. The fraction of sp³-hybridized carbons (Fsp3) is 1.00. The first-order chi connectivity index (χ1) is 5.15. The maximum atomic E-state index is 9.11. The van der Waals surface area contributed by atoms with E-state index < -0.39 is 31.2 Å². The van der Waals surface area contributed by atoms with Crippen molar-refractivity contribution in [2.24, 2.45) is 0 Å². The van der Waals surface area contributed by atoms with Crippen molar-refractivity contribution in [3.63, 3.8) is 0 Å². The molecule has 5 heteroatoms. The van der Waals surface area contributed by atoms with Gasteiger partial charge in [0.2, 0.25) is 0 Å². The van der Waals surface area contributed by atoms with Crippen LogP contribution in [0.25, 0.3) is 0 Å². The SMILES string of the molecule is OCC1O[C@@H](O)CC(O)[C@@H]1O. The lowest BCUT2D eigenvalue weighted by Gasteiger charge is -2.33. The Bertz CT molecular complexity index is 128. The molecule has 1 aliphatic rings. The first-order valence-corrected chi connectivity index (χ1v) is 3.45. The Kier molecular flexibility index (Phi) is 2.80. The van der Waals surface area contributed by atoms with E-state index in [-0.39, 0.29) is 6.42 Å². The second kappa shape index (κ2) is 3.46. The monoisotopic (exact) mass is 164 g/mol. The largest absolute Gasteiger partial charge is 0.394 e. The van der Waals surface area contributed by atoms with Crippen molar-refractivity contribution in [3.8, 4) is 0 Å². The van der Waals surface area contributed by atoms with E-state index >= 15 is 0 Å². The zero-order valence-electron chi connectivity index (χ0n) is 5.92. The van der Waals surface area contributed by atoms with Crippen molar-refractivity contribution in [2.45, 2.75) is 31.0 Å². The minimum atomic E-state index is -1.11. The third-order valence-electron chi connectivity index (χ3n) is 1.73. The highest BCUT2D eigenvalue weighted by Gasteiger charge is 2.35. The van der Waals surface area contributed by atoms with Crippen molar-refractivity contribution >= 4 is 0 Å². The van der Waals surface area contributed by atoms with Crippen LogP contribution in [-0.4, -0.2) is 51.6 Å². The van der Waals surface area contributed by atoms with Gasteiger partial charge in [0.05, 0.1) is 12.7 Å². The molecule has 2 unspecified atom stereocenters. The lowest BCUT2D eigenvalue weighted by Crippen LogP contribution is -2.49. The normalized spacial score (nSPS) is 45.8. The molecule has 1 heterocycles. The smallest absolute Gasteiger partial charge is 0.157 e. The van der Waals surface area contributed by atoms with Gasteiger partial charge in [-0.05, 0) is 0 Å². The van der Waals surface area contributed by atoms with Gasteiger partial charge in [0.1, 0.15) is 12.2 Å². The summed E-state index contributed by atoms with van der Waals surface area (Å²) < 4.78 is 4.71. The van der Waals surface area contributed by atoms with E-state index in [2.05, 4.69) is 0 Å². The molecule has 1 aliphatic heterocycles. The topological polar surface area (TPSA) is 90.2 Å². The molecule has 11 heavy (non-hydrogen) atoms.